The standard InChI is InChI=1S/C19H28N2O2/c22-19(17-9-5-2-6-10-17)20-11-12-21-13-14-23-18(15-21)16-7-3-1-4-8-16/h1,3-4,7-8,17-18H,2,5-6,9-15H2,(H,20,22). The highest BCUT2D eigenvalue weighted by molar-refractivity contribution is 5.78. The lowest BCUT2D eigenvalue weighted by molar-refractivity contribution is -0.126. The lowest BCUT2D eigenvalue weighted by Gasteiger charge is -2.33. The van der Waals surface area contributed by atoms with Gasteiger partial charge in [0.15, 0.2) is 0 Å². The molecule has 1 heterocycles. The Bertz CT molecular complexity index is 485. The van der Waals surface area contributed by atoms with Crippen molar-refractivity contribution >= 4 is 5.91 Å². The Kier molecular flexibility index (Phi) is 6.06. The molecule has 2 fully saturated rings. The highest BCUT2D eigenvalue weighted by atomic mass is 16.5. The van der Waals surface area contributed by atoms with Crippen LogP contribution in [-0.4, -0.2) is 43.6 Å². The second-order valence-corrected chi connectivity index (χ2v) is 6.70. The van der Waals surface area contributed by atoms with E-state index in [9.17, 15) is 4.79 Å². The third-order valence-corrected chi connectivity index (χ3v) is 5.03. The second-order valence-electron chi connectivity index (χ2n) is 6.70. The maximum atomic E-state index is 12.2. The van der Waals surface area contributed by atoms with Gasteiger partial charge in [0, 0.05) is 32.1 Å². The van der Waals surface area contributed by atoms with Crippen molar-refractivity contribution in [1.29, 1.82) is 0 Å². The van der Waals surface area contributed by atoms with E-state index in [4.69, 9.17) is 4.74 Å². The van der Waals surface area contributed by atoms with Crippen molar-refractivity contribution in [2.75, 3.05) is 32.8 Å². The summed E-state index contributed by atoms with van der Waals surface area (Å²) >= 11 is 0. The number of morpholine rings is 1. The van der Waals surface area contributed by atoms with Gasteiger partial charge in [0.2, 0.25) is 5.91 Å². The molecule has 4 heteroatoms. The molecule has 1 unspecified atom stereocenters. The Morgan fingerprint density at radius 1 is 1.17 bits per heavy atom. The molecule has 3 rings (SSSR count). The minimum atomic E-state index is 0.152. The summed E-state index contributed by atoms with van der Waals surface area (Å²) in [7, 11) is 0. The number of nitrogens with zero attached hydrogens (tertiary/aromatic N) is 1. The minimum Gasteiger partial charge on any atom is -0.371 e. The molecule has 0 aromatic heterocycles. The molecule has 23 heavy (non-hydrogen) atoms. The molecule has 1 aliphatic carbocycles. The fourth-order valence-corrected chi connectivity index (χ4v) is 3.62. The van der Waals surface area contributed by atoms with Crippen LogP contribution in [0.5, 0.6) is 0 Å². The third kappa shape index (κ3) is 4.79. The van der Waals surface area contributed by atoms with Gasteiger partial charge in [0.25, 0.3) is 0 Å². The third-order valence-electron chi connectivity index (χ3n) is 5.03. The van der Waals surface area contributed by atoms with Crippen molar-refractivity contribution in [2.24, 2.45) is 5.92 Å². The maximum absolute atomic E-state index is 12.2. The zero-order chi connectivity index (χ0) is 15.9. The van der Waals surface area contributed by atoms with E-state index < -0.39 is 0 Å². The average molecular weight is 316 g/mol. The number of nitrogens with one attached hydrogen (secondary N) is 1. The summed E-state index contributed by atoms with van der Waals surface area (Å²) in [5.41, 5.74) is 1.24. The van der Waals surface area contributed by atoms with Gasteiger partial charge in [-0.15, -0.1) is 0 Å². The van der Waals surface area contributed by atoms with Gasteiger partial charge < -0.3 is 10.1 Å². The van der Waals surface area contributed by atoms with E-state index in [0.29, 0.717) is 0 Å². The van der Waals surface area contributed by atoms with Gasteiger partial charge in [-0.1, -0.05) is 49.6 Å². The van der Waals surface area contributed by atoms with Crippen LogP contribution in [0.2, 0.25) is 0 Å². The predicted octanol–water partition coefficient (Wildman–Crippen LogP) is 2.76. The first-order valence-electron chi connectivity index (χ1n) is 8.99. The lowest BCUT2D eigenvalue weighted by atomic mass is 9.89. The number of hydrogen-bond donors (Lipinski definition) is 1. The fourth-order valence-electron chi connectivity index (χ4n) is 3.62. The van der Waals surface area contributed by atoms with Gasteiger partial charge in [0.1, 0.15) is 0 Å². The summed E-state index contributed by atoms with van der Waals surface area (Å²) in [6, 6.07) is 10.4. The number of ether oxygens (including phenoxy) is 1. The van der Waals surface area contributed by atoms with Crippen molar-refractivity contribution in [3.8, 4) is 0 Å². The van der Waals surface area contributed by atoms with Gasteiger partial charge in [-0.3, -0.25) is 9.69 Å². The molecule has 1 aromatic rings. The lowest BCUT2D eigenvalue weighted by Crippen LogP contribution is -2.43. The molecular weight excluding hydrogens is 288 g/mol. The zero-order valence-electron chi connectivity index (χ0n) is 13.9. The predicted molar refractivity (Wildman–Crippen MR) is 91.2 cm³/mol. The molecule has 126 valence electrons. The molecule has 1 N–H and O–H groups in total. The van der Waals surface area contributed by atoms with Crippen molar-refractivity contribution in [1.82, 2.24) is 10.2 Å². The Morgan fingerprint density at radius 3 is 2.74 bits per heavy atom. The Morgan fingerprint density at radius 2 is 1.96 bits per heavy atom. The normalized spacial score (nSPS) is 23.6. The van der Waals surface area contributed by atoms with Crippen LogP contribution in [0.1, 0.15) is 43.8 Å². The maximum Gasteiger partial charge on any atom is 0.223 e. The molecular formula is C19H28N2O2. The first-order valence-corrected chi connectivity index (χ1v) is 8.99. The molecule has 1 amide bonds. The van der Waals surface area contributed by atoms with Crippen LogP contribution in [0.4, 0.5) is 0 Å². The van der Waals surface area contributed by atoms with E-state index in [1.807, 2.05) is 6.07 Å². The van der Waals surface area contributed by atoms with Crippen LogP contribution in [0.3, 0.4) is 0 Å². The quantitative estimate of drug-likeness (QED) is 0.908. The molecule has 0 spiro atoms. The Balaban J connectivity index is 1.40. The van der Waals surface area contributed by atoms with Gasteiger partial charge in [-0.2, -0.15) is 0 Å². The number of benzene rings is 1. The summed E-state index contributed by atoms with van der Waals surface area (Å²) in [6.07, 6.45) is 6.00. The van der Waals surface area contributed by atoms with E-state index >= 15 is 0 Å². The highest BCUT2D eigenvalue weighted by Crippen LogP contribution is 2.24. The number of carbonyl (C=O) groups is 1. The minimum absolute atomic E-state index is 0.152. The average Bonchev–Trinajstić information content (AvgIpc) is 2.63. The summed E-state index contributed by atoms with van der Waals surface area (Å²) in [6.45, 7) is 4.27. The van der Waals surface area contributed by atoms with Crippen molar-refractivity contribution in [3.63, 3.8) is 0 Å². The first-order chi connectivity index (χ1) is 11.3. The zero-order valence-corrected chi connectivity index (χ0v) is 13.9. The molecule has 1 aliphatic heterocycles. The van der Waals surface area contributed by atoms with Crippen molar-refractivity contribution < 1.29 is 9.53 Å². The Hall–Kier alpha value is -1.39. The molecule has 0 radical (unpaired) electrons. The molecule has 1 saturated heterocycles. The van der Waals surface area contributed by atoms with E-state index in [1.54, 1.807) is 0 Å². The number of rotatable bonds is 5. The molecule has 0 bridgehead atoms. The summed E-state index contributed by atoms with van der Waals surface area (Å²) < 4.78 is 5.89. The topological polar surface area (TPSA) is 41.6 Å². The SMILES string of the molecule is O=C(NCCN1CCOC(c2ccccc2)C1)C1CCCCC1. The summed E-state index contributed by atoms with van der Waals surface area (Å²) in [5.74, 6) is 0.517. The van der Waals surface area contributed by atoms with Gasteiger partial charge in [-0.05, 0) is 18.4 Å². The van der Waals surface area contributed by atoms with Crippen LogP contribution in [0.15, 0.2) is 30.3 Å². The second kappa shape index (κ2) is 8.46. The summed E-state index contributed by atoms with van der Waals surface area (Å²) in [5, 5.41) is 3.13. The largest absolute Gasteiger partial charge is 0.371 e. The monoisotopic (exact) mass is 316 g/mol. The molecule has 1 aromatic carbocycles. The van der Waals surface area contributed by atoms with Gasteiger partial charge in [-0.25, -0.2) is 0 Å². The molecule has 1 saturated carbocycles. The smallest absolute Gasteiger partial charge is 0.223 e. The van der Waals surface area contributed by atoms with Crippen LogP contribution in [0, 0.1) is 5.92 Å². The van der Waals surface area contributed by atoms with Crippen LogP contribution >= 0.6 is 0 Å². The van der Waals surface area contributed by atoms with Crippen LogP contribution < -0.4 is 5.32 Å². The highest BCUT2D eigenvalue weighted by Gasteiger charge is 2.23. The van der Waals surface area contributed by atoms with E-state index in [0.717, 1.165) is 45.6 Å². The Labute approximate surface area is 139 Å². The summed E-state index contributed by atoms with van der Waals surface area (Å²) in [4.78, 5) is 14.6. The number of carbonyl (C=O) groups excluding carboxylic acids is 1. The number of hydrogen-bond acceptors (Lipinski definition) is 3. The van der Waals surface area contributed by atoms with Crippen LogP contribution in [-0.2, 0) is 9.53 Å². The molecule has 4 nitrogen and oxygen atoms in total. The van der Waals surface area contributed by atoms with Gasteiger partial charge in [0.05, 0.1) is 12.7 Å². The van der Waals surface area contributed by atoms with E-state index in [-0.39, 0.29) is 17.9 Å². The van der Waals surface area contributed by atoms with Gasteiger partial charge >= 0.3 is 0 Å². The van der Waals surface area contributed by atoms with E-state index in [1.165, 1.54) is 24.8 Å². The van der Waals surface area contributed by atoms with Crippen molar-refractivity contribution in [3.05, 3.63) is 35.9 Å². The number of amides is 1. The fraction of sp³-hybridized carbons (Fsp3) is 0.632. The van der Waals surface area contributed by atoms with Crippen LogP contribution in [0.25, 0.3) is 0 Å². The van der Waals surface area contributed by atoms with Crippen molar-refractivity contribution in [2.45, 2.75) is 38.2 Å². The molecule has 2 aliphatic rings. The van der Waals surface area contributed by atoms with E-state index in [2.05, 4.69) is 34.5 Å². The first kappa shape index (κ1) is 16.5. The molecule has 1 atom stereocenters.